The molecule has 0 saturated carbocycles. The Morgan fingerprint density at radius 1 is 0.886 bits per heavy atom. The average molecular weight is 489 g/mol. The van der Waals surface area contributed by atoms with Crippen LogP contribution < -0.4 is 0 Å². The number of benzene rings is 3. The van der Waals surface area contributed by atoms with Crippen LogP contribution >= 0.6 is 0 Å². The van der Waals surface area contributed by atoms with Crippen LogP contribution in [-0.2, 0) is 27.4 Å². The van der Waals surface area contributed by atoms with Crippen molar-refractivity contribution in [3.63, 3.8) is 0 Å². The predicted octanol–water partition coefficient (Wildman–Crippen LogP) is 5.39. The Bertz CT molecular complexity index is 1400. The lowest BCUT2D eigenvalue weighted by atomic mass is 10.0. The minimum absolute atomic E-state index is 0.211. The second kappa shape index (κ2) is 9.55. The lowest BCUT2D eigenvalue weighted by Gasteiger charge is -2.26. The first-order valence-electron chi connectivity index (χ1n) is 11.5. The van der Waals surface area contributed by atoms with E-state index >= 15 is 0 Å². The molecule has 35 heavy (non-hydrogen) atoms. The standard InChI is InChI=1S/C28H28N2O4S/c1-28(2,3)34-27(31)30-15-13-22-11-12-26(18-24(22)14-16-30)35(32,33)25-6-4-5-23(17-25)21-9-7-20(19-29)8-10-21/h4-12,17-18H,13-16H2,1-3H3. The zero-order valence-electron chi connectivity index (χ0n) is 20.1. The minimum Gasteiger partial charge on any atom is -0.444 e. The van der Waals surface area contributed by atoms with Crippen LogP contribution in [0.3, 0.4) is 0 Å². The van der Waals surface area contributed by atoms with E-state index < -0.39 is 15.4 Å². The molecule has 0 bridgehead atoms. The second-order valence-electron chi connectivity index (χ2n) is 9.62. The Hall–Kier alpha value is -3.63. The van der Waals surface area contributed by atoms with Gasteiger partial charge in [-0.1, -0.05) is 30.3 Å². The number of nitrogens with zero attached hydrogens (tertiary/aromatic N) is 2. The number of fused-ring (bicyclic) bond motifs is 1. The zero-order valence-corrected chi connectivity index (χ0v) is 20.9. The van der Waals surface area contributed by atoms with Crippen LogP contribution in [0, 0.1) is 11.3 Å². The molecule has 1 heterocycles. The van der Waals surface area contributed by atoms with Crippen LogP contribution in [-0.4, -0.2) is 38.1 Å². The van der Waals surface area contributed by atoms with Gasteiger partial charge in [-0.05, 0) is 92.3 Å². The summed E-state index contributed by atoms with van der Waals surface area (Å²) < 4.78 is 32.5. The fourth-order valence-electron chi connectivity index (χ4n) is 4.09. The third-order valence-electron chi connectivity index (χ3n) is 5.93. The Labute approximate surface area is 206 Å². The number of amides is 1. The van der Waals surface area contributed by atoms with Gasteiger partial charge in [-0.2, -0.15) is 5.26 Å². The molecule has 0 unspecified atom stereocenters. The molecule has 0 radical (unpaired) electrons. The summed E-state index contributed by atoms with van der Waals surface area (Å²) in [5.41, 5.74) is 3.56. The molecule has 0 aliphatic carbocycles. The number of carbonyl (C=O) groups excluding carboxylic acids is 1. The van der Waals surface area contributed by atoms with E-state index in [1.54, 1.807) is 47.4 Å². The highest BCUT2D eigenvalue weighted by Crippen LogP contribution is 2.29. The van der Waals surface area contributed by atoms with Crippen molar-refractivity contribution in [2.75, 3.05) is 13.1 Å². The summed E-state index contributed by atoms with van der Waals surface area (Å²) in [5, 5.41) is 9.01. The third-order valence-corrected chi connectivity index (χ3v) is 7.68. The van der Waals surface area contributed by atoms with Gasteiger partial charge in [-0.3, -0.25) is 0 Å². The van der Waals surface area contributed by atoms with E-state index in [0.29, 0.717) is 31.5 Å². The van der Waals surface area contributed by atoms with Crippen molar-refractivity contribution in [1.82, 2.24) is 4.90 Å². The van der Waals surface area contributed by atoms with Crippen LogP contribution in [0.2, 0.25) is 0 Å². The number of nitriles is 1. The van der Waals surface area contributed by atoms with Gasteiger partial charge in [0.15, 0.2) is 0 Å². The summed E-state index contributed by atoms with van der Waals surface area (Å²) >= 11 is 0. The van der Waals surface area contributed by atoms with Gasteiger partial charge in [0.2, 0.25) is 9.84 Å². The van der Waals surface area contributed by atoms with Crippen molar-refractivity contribution in [1.29, 1.82) is 5.26 Å². The highest BCUT2D eigenvalue weighted by atomic mass is 32.2. The van der Waals surface area contributed by atoms with E-state index in [4.69, 9.17) is 10.00 Å². The average Bonchev–Trinajstić information content (AvgIpc) is 3.05. The summed E-state index contributed by atoms with van der Waals surface area (Å²) in [5.74, 6) is 0. The molecular formula is C28H28N2O4S. The molecule has 180 valence electrons. The van der Waals surface area contributed by atoms with Crippen molar-refractivity contribution >= 4 is 15.9 Å². The maximum atomic E-state index is 13.5. The second-order valence-corrected chi connectivity index (χ2v) is 11.6. The first kappa shape index (κ1) is 24.5. The molecule has 1 aliphatic rings. The van der Waals surface area contributed by atoms with Crippen LogP contribution in [0.4, 0.5) is 4.79 Å². The van der Waals surface area contributed by atoms with E-state index in [-0.39, 0.29) is 15.9 Å². The topological polar surface area (TPSA) is 87.5 Å². The van der Waals surface area contributed by atoms with E-state index in [1.165, 1.54) is 0 Å². The molecule has 3 aromatic rings. The number of carbonyl (C=O) groups is 1. The molecule has 3 aromatic carbocycles. The van der Waals surface area contributed by atoms with Gasteiger partial charge in [0.1, 0.15) is 5.60 Å². The van der Waals surface area contributed by atoms with E-state index in [9.17, 15) is 13.2 Å². The molecule has 0 aromatic heterocycles. The van der Waals surface area contributed by atoms with Crippen LogP contribution in [0.15, 0.2) is 76.5 Å². The van der Waals surface area contributed by atoms with E-state index in [0.717, 1.165) is 22.3 Å². The van der Waals surface area contributed by atoms with Crippen LogP contribution in [0.5, 0.6) is 0 Å². The quantitative estimate of drug-likeness (QED) is 0.493. The summed E-state index contributed by atoms with van der Waals surface area (Å²) in [6.45, 7) is 6.51. The molecule has 7 heteroatoms. The number of sulfone groups is 1. The first-order valence-corrected chi connectivity index (χ1v) is 13.0. The highest BCUT2D eigenvalue weighted by molar-refractivity contribution is 7.91. The Balaban J connectivity index is 1.58. The normalized spacial score (nSPS) is 13.9. The van der Waals surface area contributed by atoms with Gasteiger partial charge in [0, 0.05) is 13.1 Å². The number of hydrogen-bond acceptors (Lipinski definition) is 5. The Kier molecular flexibility index (Phi) is 6.68. The summed E-state index contributed by atoms with van der Waals surface area (Å²) in [6, 6.07) is 21.2. The minimum atomic E-state index is -3.74. The van der Waals surface area contributed by atoms with Crippen molar-refractivity contribution in [2.45, 2.75) is 49.0 Å². The summed E-state index contributed by atoms with van der Waals surface area (Å²) in [6.07, 6.45) is 0.851. The molecule has 0 N–H and O–H groups in total. The van der Waals surface area contributed by atoms with Crippen LogP contribution in [0.1, 0.15) is 37.5 Å². The molecule has 0 fully saturated rings. The maximum absolute atomic E-state index is 13.5. The molecule has 4 rings (SSSR count). The highest BCUT2D eigenvalue weighted by Gasteiger charge is 2.25. The number of ether oxygens (including phenoxy) is 1. The van der Waals surface area contributed by atoms with Gasteiger partial charge in [-0.25, -0.2) is 13.2 Å². The third kappa shape index (κ3) is 5.55. The Morgan fingerprint density at radius 2 is 1.54 bits per heavy atom. The maximum Gasteiger partial charge on any atom is 0.410 e. The zero-order chi connectivity index (χ0) is 25.2. The van der Waals surface area contributed by atoms with Gasteiger partial charge in [0.05, 0.1) is 21.4 Å². The number of hydrogen-bond donors (Lipinski definition) is 0. The Morgan fingerprint density at radius 3 is 2.20 bits per heavy atom. The smallest absolute Gasteiger partial charge is 0.410 e. The SMILES string of the molecule is CC(C)(C)OC(=O)N1CCc2ccc(S(=O)(=O)c3cccc(-c4ccc(C#N)cc4)c3)cc2CC1. The molecule has 0 saturated heterocycles. The monoisotopic (exact) mass is 488 g/mol. The summed E-state index contributed by atoms with van der Waals surface area (Å²) in [4.78, 5) is 14.6. The van der Waals surface area contributed by atoms with Gasteiger partial charge in [0.25, 0.3) is 0 Å². The molecular weight excluding hydrogens is 460 g/mol. The van der Waals surface area contributed by atoms with Crippen molar-refractivity contribution in [2.24, 2.45) is 0 Å². The van der Waals surface area contributed by atoms with Gasteiger partial charge >= 0.3 is 6.09 Å². The molecule has 6 nitrogen and oxygen atoms in total. The van der Waals surface area contributed by atoms with Gasteiger partial charge in [-0.15, -0.1) is 0 Å². The summed E-state index contributed by atoms with van der Waals surface area (Å²) in [7, 11) is -3.74. The first-order chi connectivity index (χ1) is 16.6. The number of rotatable bonds is 3. The molecule has 1 amide bonds. The largest absolute Gasteiger partial charge is 0.444 e. The predicted molar refractivity (Wildman–Crippen MR) is 134 cm³/mol. The molecule has 0 spiro atoms. The molecule has 1 aliphatic heterocycles. The van der Waals surface area contributed by atoms with Crippen molar-refractivity contribution in [3.05, 3.63) is 83.4 Å². The molecule has 0 atom stereocenters. The van der Waals surface area contributed by atoms with E-state index in [2.05, 4.69) is 6.07 Å². The van der Waals surface area contributed by atoms with Crippen molar-refractivity contribution in [3.8, 4) is 17.2 Å². The lowest BCUT2D eigenvalue weighted by Crippen LogP contribution is -2.38. The fraction of sp³-hybridized carbons (Fsp3) is 0.286. The fourth-order valence-corrected chi connectivity index (χ4v) is 5.45. The van der Waals surface area contributed by atoms with Crippen molar-refractivity contribution < 1.29 is 17.9 Å². The van der Waals surface area contributed by atoms with Gasteiger partial charge < -0.3 is 9.64 Å². The van der Waals surface area contributed by atoms with E-state index in [1.807, 2.05) is 45.0 Å². The van der Waals surface area contributed by atoms with Crippen LogP contribution in [0.25, 0.3) is 11.1 Å². The lowest BCUT2D eigenvalue weighted by molar-refractivity contribution is 0.0258.